The number of carbonyl (C=O) groups is 4. The Morgan fingerprint density at radius 2 is 1.54 bits per heavy atom. The van der Waals surface area contributed by atoms with Crippen LogP contribution in [0.4, 0.5) is 5.69 Å². The number of hydrogen-bond donors (Lipinski definition) is 2. The van der Waals surface area contributed by atoms with E-state index >= 15 is 0 Å². The summed E-state index contributed by atoms with van der Waals surface area (Å²) in [4.78, 5) is 49.3. The highest BCUT2D eigenvalue weighted by Gasteiger charge is 2.47. The first-order valence-electron chi connectivity index (χ1n) is 13.5. The van der Waals surface area contributed by atoms with E-state index in [-0.39, 0.29) is 24.5 Å². The highest BCUT2D eigenvalue weighted by Crippen LogP contribution is 2.37. The predicted molar refractivity (Wildman–Crippen MR) is 146 cm³/mol. The number of hydrogen-bond acceptors (Lipinski definition) is 9. The van der Waals surface area contributed by atoms with Crippen LogP contribution in [-0.2, 0) is 34.4 Å². The lowest BCUT2D eigenvalue weighted by molar-refractivity contribution is -0.197. The summed E-state index contributed by atoms with van der Waals surface area (Å²) in [6, 6.07) is 17.8. The molecule has 2 atom stereocenters. The molecule has 0 aromatic heterocycles. The van der Waals surface area contributed by atoms with Gasteiger partial charge in [0, 0.05) is 51.1 Å². The maximum atomic E-state index is 12.5. The molecule has 0 saturated carbocycles. The highest BCUT2D eigenvalue weighted by molar-refractivity contribution is 6.27. The van der Waals surface area contributed by atoms with Crippen molar-refractivity contribution in [2.24, 2.45) is 0 Å². The standard InChI is InChI=1S/C27H33N3O5.C2H2O4/c1-33-24-11-6-5-10-23(24)29-16-14-28(15-17-29)18-22-19-34-27(35-22,21-8-3-2-4-9-21)20-30-25(31)12-7-13-26(30)32;3-1(4)2(5)6/h2-6,8-11,22H,7,12-20H2,1H3;(H,3,4)(H,5,6)/t22-,27-;/m1./s1. The quantitative estimate of drug-likeness (QED) is 0.372. The molecule has 12 nitrogen and oxygen atoms in total. The average Bonchev–Trinajstić information content (AvgIpc) is 3.39. The number of ether oxygens (including phenoxy) is 3. The number of carboxylic acids is 2. The molecule has 2 aromatic carbocycles. The van der Waals surface area contributed by atoms with E-state index in [1.54, 1.807) is 7.11 Å². The molecular weight excluding hydrogens is 534 g/mol. The number of amides is 2. The molecule has 3 aliphatic rings. The summed E-state index contributed by atoms with van der Waals surface area (Å²) in [7, 11) is 1.70. The number of likely N-dealkylation sites (tertiary alicyclic amines) is 1. The molecule has 41 heavy (non-hydrogen) atoms. The second-order valence-electron chi connectivity index (χ2n) is 9.97. The van der Waals surface area contributed by atoms with Crippen molar-refractivity contribution in [3.63, 3.8) is 0 Å². The van der Waals surface area contributed by atoms with Crippen molar-refractivity contribution in [2.45, 2.75) is 31.2 Å². The zero-order valence-corrected chi connectivity index (χ0v) is 22.9. The number of piperidine rings is 1. The number of nitrogens with zero attached hydrogens (tertiary/aromatic N) is 3. The van der Waals surface area contributed by atoms with Crippen LogP contribution < -0.4 is 9.64 Å². The minimum atomic E-state index is -1.82. The second kappa shape index (κ2) is 13.6. The van der Waals surface area contributed by atoms with Crippen molar-refractivity contribution < 1.29 is 43.6 Å². The molecular formula is C29H35N3O9. The van der Waals surface area contributed by atoms with E-state index in [9.17, 15) is 9.59 Å². The van der Waals surface area contributed by atoms with Gasteiger partial charge in [-0.25, -0.2) is 9.59 Å². The molecule has 0 aliphatic carbocycles. The van der Waals surface area contributed by atoms with Crippen molar-refractivity contribution >= 4 is 29.4 Å². The number of anilines is 1. The second-order valence-corrected chi connectivity index (χ2v) is 9.97. The first-order valence-corrected chi connectivity index (χ1v) is 13.5. The van der Waals surface area contributed by atoms with Gasteiger partial charge in [0.1, 0.15) is 5.75 Å². The van der Waals surface area contributed by atoms with Gasteiger partial charge in [-0.3, -0.25) is 19.4 Å². The molecule has 0 bridgehead atoms. The number of aliphatic carboxylic acids is 2. The minimum absolute atomic E-state index is 0.0900. The Kier molecular flexibility index (Phi) is 9.92. The number of para-hydroxylation sites is 2. The maximum Gasteiger partial charge on any atom is 0.414 e. The largest absolute Gasteiger partial charge is 0.495 e. The molecule has 3 fully saturated rings. The molecule has 2 N–H and O–H groups in total. The van der Waals surface area contributed by atoms with E-state index in [4.69, 9.17) is 34.0 Å². The summed E-state index contributed by atoms with van der Waals surface area (Å²) in [5.41, 5.74) is 1.95. The number of rotatable bonds is 7. The Hall–Kier alpha value is -4.00. The Labute approximate surface area is 238 Å². The number of benzene rings is 2. The van der Waals surface area contributed by atoms with E-state index < -0.39 is 17.7 Å². The first kappa shape index (κ1) is 30.0. The van der Waals surface area contributed by atoms with Crippen LogP contribution in [-0.4, -0.2) is 103 Å². The van der Waals surface area contributed by atoms with Gasteiger partial charge < -0.3 is 29.3 Å². The average molecular weight is 570 g/mol. The number of piperazine rings is 1. The van der Waals surface area contributed by atoms with Crippen LogP contribution in [0.3, 0.4) is 0 Å². The predicted octanol–water partition coefficient (Wildman–Crippen LogP) is 1.78. The van der Waals surface area contributed by atoms with E-state index in [0.29, 0.717) is 25.9 Å². The number of methoxy groups -OCH3 is 1. The topological polar surface area (TPSA) is 146 Å². The molecule has 3 aliphatic heterocycles. The van der Waals surface area contributed by atoms with Gasteiger partial charge in [-0.2, -0.15) is 0 Å². The van der Waals surface area contributed by atoms with Gasteiger partial charge in [0.25, 0.3) is 0 Å². The summed E-state index contributed by atoms with van der Waals surface area (Å²) in [5, 5.41) is 14.8. The molecule has 220 valence electrons. The Balaban J connectivity index is 0.000000585. The van der Waals surface area contributed by atoms with Crippen LogP contribution in [0.25, 0.3) is 0 Å². The van der Waals surface area contributed by atoms with Crippen molar-refractivity contribution in [3.8, 4) is 5.75 Å². The van der Waals surface area contributed by atoms with Gasteiger partial charge in [0.15, 0.2) is 0 Å². The van der Waals surface area contributed by atoms with E-state index in [1.807, 2.05) is 48.5 Å². The lowest BCUT2D eigenvalue weighted by Crippen LogP contribution is -2.50. The third-order valence-corrected chi connectivity index (χ3v) is 7.27. The van der Waals surface area contributed by atoms with Crippen molar-refractivity contribution in [2.75, 3.05) is 57.9 Å². The van der Waals surface area contributed by atoms with Crippen molar-refractivity contribution in [1.82, 2.24) is 9.80 Å². The van der Waals surface area contributed by atoms with Crippen molar-refractivity contribution in [1.29, 1.82) is 0 Å². The molecule has 0 unspecified atom stereocenters. The van der Waals surface area contributed by atoms with Crippen LogP contribution in [0.2, 0.25) is 0 Å². The smallest absolute Gasteiger partial charge is 0.414 e. The lowest BCUT2D eigenvalue weighted by atomic mass is 10.0. The Morgan fingerprint density at radius 3 is 2.15 bits per heavy atom. The lowest BCUT2D eigenvalue weighted by Gasteiger charge is -2.38. The number of carboxylic acid groups (broad SMARTS) is 2. The summed E-state index contributed by atoms with van der Waals surface area (Å²) in [6.07, 6.45) is 1.23. The third kappa shape index (κ3) is 7.40. The molecule has 2 amide bonds. The van der Waals surface area contributed by atoms with Gasteiger partial charge >= 0.3 is 11.9 Å². The molecule has 0 radical (unpaired) electrons. The van der Waals surface area contributed by atoms with Gasteiger partial charge in [0.2, 0.25) is 17.6 Å². The minimum Gasteiger partial charge on any atom is -0.495 e. The van der Waals surface area contributed by atoms with Crippen LogP contribution in [0.15, 0.2) is 54.6 Å². The molecule has 3 heterocycles. The fraction of sp³-hybridized carbons (Fsp3) is 0.448. The van der Waals surface area contributed by atoms with E-state index in [2.05, 4.69) is 15.9 Å². The first-order chi connectivity index (χ1) is 19.7. The summed E-state index contributed by atoms with van der Waals surface area (Å²) in [5.74, 6) is -4.19. The van der Waals surface area contributed by atoms with Crippen LogP contribution in [0.5, 0.6) is 5.75 Å². The van der Waals surface area contributed by atoms with Crippen LogP contribution in [0, 0.1) is 0 Å². The van der Waals surface area contributed by atoms with Crippen molar-refractivity contribution in [3.05, 3.63) is 60.2 Å². The molecule has 0 spiro atoms. The van der Waals surface area contributed by atoms with Crippen LogP contribution in [0.1, 0.15) is 24.8 Å². The van der Waals surface area contributed by atoms with E-state index in [1.165, 1.54) is 4.90 Å². The molecule has 5 rings (SSSR count). The SMILES string of the molecule is COc1ccccc1N1CCN(C[C@@H]2CO[C@@](CN3C(=O)CCCC3=O)(c3ccccc3)O2)CC1.O=C(O)C(=O)O. The van der Waals surface area contributed by atoms with Gasteiger partial charge in [0.05, 0.1) is 32.1 Å². The highest BCUT2D eigenvalue weighted by atomic mass is 16.7. The monoisotopic (exact) mass is 569 g/mol. The molecule has 3 saturated heterocycles. The molecule has 12 heteroatoms. The number of carbonyl (C=O) groups excluding carboxylic acids is 2. The Bertz CT molecular complexity index is 1210. The zero-order valence-electron chi connectivity index (χ0n) is 22.9. The normalized spacial score (nSPS) is 23.1. The number of imide groups is 1. The van der Waals surface area contributed by atoms with Gasteiger partial charge in [-0.05, 0) is 18.6 Å². The maximum absolute atomic E-state index is 12.5. The van der Waals surface area contributed by atoms with Crippen LogP contribution >= 0.6 is 0 Å². The molecule has 2 aromatic rings. The summed E-state index contributed by atoms with van der Waals surface area (Å²) in [6.45, 7) is 4.84. The Morgan fingerprint density at radius 1 is 0.927 bits per heavy atom. The summed E-state index contributed by atoms with van der Waals surface area (Å²) < 4.78 is 18.4. The fourth-order valence-corrected chi connectivity index (χ4v) is 5.21. The zero-order chi connectivity index (χ0) is 29.4. The third-order valence-electron chi connectivity index (χ3n) is 7.27. The summed E-state index contributed by atoms with van der Waals surface area (Å²) >= 11 is 0. The fourth-order valence-electron chi connectivity index (χ4n) is 5.21. The van der Waals surface area contributed by atoms with Gasteiger partial charge in [-0.15, -0.1) is 0 Å². The van der Waals surface area contributed by atoms with Gasteiger partial charge in [-0.1, -0.05) is 42.5 Å². The van der Waals surface area contributed by atoms with E-state index in [0.717, 1.165) is 49.7 Å².